The van der Waals surface area contributed by atoms with E-state index in [0.717, 1.165) is 24.0 Å². The van der Waals surface area contributed by atoms with Crippen LogP contribution in [0.4, 0.5) is 0 Å². The predicted octanol–water partition coefficient (Wildman–Crippen LogP) is 3.16. The van der Waals surface area contributed by atoms with Crippen LogP contribution < -0.4 is 0 Å². The van der Waals surface area contributed by atoms with Crippen LogP contribution >= 0.6 is 0 Å². The minimum Gasteiger partial charge on any atom is -0.283 e. The molecule has 1 aromatic carbocycles. The number of nitrogens with zero attached hydrogens (tertiary/aromatic N) is 1. The Morgan fingerprint density at radius 3 is 2.76 bits per heavy atom. The molecule has 2 rings (SSSR count). The van der Waals surface area contributed by atoms with Gasteiger partial charge in [-0.15, -0.1) is 0 Å². The molecule has 0 saturated heterocycles. The third kappa shape index (κ3) is 2.78. The lowest BCUT2D eigenvalue weighted by Crippen LogP contribution is -1.89. The Labute approximate surface area is 101 Å². The maximum Gasteiger partial charge on any atom is 0.253 e. The number of aryl methyl sites for hydroxylation is 1. The summed E-state index contributed by atoms with van der Waals surface area (Å²) in [5.74, 6) is 0. The molecule has 1 heterocycles. The Hall–Kier alpha value is -1.96. The van der Waals surface area contributed by atoms with Gasteiger partial charge in [0.2, 0.25) is 0 Å². The van der Waals surface area contributed by atoms with Crippen LogP contribution in [0.5, 0.6) is 0 Å². The largest absolute Gasteiger partial charge is 0.283 e. The lowest BCUT2D eigenvalue weighted by atomic mass is 10.0. The van der Waals surface area contributed by atoms with Gasteiger partial charge in [0.05, 0.1) is 0 Å². The second kappa shape index (κ2) is 5.39. The predicted molar refractivity (Wildman–Crippen MR) is 68.5 cm³/mol. The van der Waals surface area contributed by atoms with E-state index < -0.39 is 0 Å². The van der Waals surface area contributed by atoms with E-state index in [2.05, 4.69) is 24.0 Å². The van der Waals surface area contributed by atoms with Crippen LogP contribution in [0.15, 0.2) is 42.6 Å². The molecule has 17 heavy (non-hydrogen) atoms. The number of pyridine rings is 1. The van der Waals surface area contributed by atoms with Gasteiger partial charge in [0.1, 0.15) is 5.69 Å². The van der Waals surface area contributed by atoms with E-state index in [4.69, 9.17) is 0 Å². The molecular formula is C15H14NO. The molecule has 1 aromatic heterocycles. The molecule has 0 aliphatic rings. The van der Waals surface area contributed by atoms with Gasteiger partial charge in [0.25, 0.3) is 6.29 Å². The lowest BCUT2D eigenvalue weighted by Gasteiger charge is -2.04. The molecule has 0 aliphatic heterocycles. The lowest BCUT2D eigenvalue weighted by molar-refractivity contribution is 0.561. The molecule has 1 radical (unpaired) electrons. The van der Waals surface area contributed by atoms with E-state index in [-0.39, 0.29) is 0 Å². The molecule has 2 nitrogen and oxygen atoms in total. The van der Waals surface area contributed by atoms with Crippen LogP contribution in [-0.2, 0) is 11.2 Å². The Morgan fingerprint density at radius 1 is 1.18 bits per heavy atom. The number of hydrogen-bond acceptors (Lipinski definition) is 2. The fourth-order valence-corrected chi connectivity index (χ4v) is 1.86. The first-order valence-electron chi connectivity index (χ1n) is 5.77. The Morgan fingerprint density at radius 2 is 2.00 bits per heavy atom. The highest BCUT2D eigenvalue weighted by atomic mass is 16.1. The third-order valence-corrected chi connectivity index (χ3v) is 2.66. The highest BCUT2D eigenvalue weighted by Gasteiger charge is 2.01. The second-order valence-electron chi connectivity index (χ2n) is 3.98. The smallest absolute Gasteiger partial charge is 0.253 e. The Kier molecular flexibility index (Phi) is 3.66. The summed E-state index contributed by atoms with van der Waals surface area (Å²) in [5.41, 5.74) is 3.80. The van der Waals surface area contributed by atoms with Crippen molar-refractivity contribution >= 4 is 6.29 Å². The fourth-order valence-electron chi connectivity index (χ4n) is 1.86. The molecule has 0 saturated carbocycles. The zero-order chi connectivity index (χ0) is 12.1. The van der Waals surface area contributed by atoms with E-state index in [1.165, 1.54) is 5.56 Å². The van der Waals surface area contributed by atoms with Gasteiger partial charge in [-0.3, -0.25) is 9.78 Å². The van der Waals surface area contributed by atoms with Crippen LogP contribution in [0.3, 0.4) is 0 Å². The number of rotatable bonds is 4. The molecule has 2 heteroatoms. The first-order valence-corrected chi connectivity index (χ1v) is 5.77. The van der Waals surface area contributed by atoms with Gasteiger partial charge in [-0.05, 0) is 35.2 Å². The zero-order valence-corrected chi connectivity index (χ0v) is 9.81. The van der Waals surface area contributed by atoms with Crippen molar-refractivity contribution in [2.75, 3.05) is 0 Å². The SMILES string of the molecule is CCCc1cccc(-c2ccnc([C]=O)c2)c1. The van der Waals surface area contributed by atoms with E-state index in [1.807, 2.05) is 24.5 Å². The van der Waals surface area contributed by atoms with Crippen LogP contribution in [0.25, 0.3) is 11.1 Å². The van der Waals surface area contributed by atoms with Gasteiger partial charge in [-0.25, -0.2) is 0 Å². The van der Waals surface area contributed by atoms with E-state index >= 15 is 0 Å². The average Bonchev–Trinajstić information content (AvgIpc) is 2.40. The number of hydrogen-bond donors (Lipinski definition) is 0. The summed E-state index contributed by atoms with van der Waals surface area (Å²) < 4.78 is 0. The highest BCUT2D eigenvalue weighted by Crippen LogP contribution is 2.20. The standard InChI is InChI=1S/C15H14NO/c1-2-4-12-5-3-6-13(9-12)14-7-8-16-15(10-14)11-17/h3,5-10H,2,4H2,1H3. The molecule has 0 spiro atoms. The maximum absolute atomic E-state index is 10.6. The van der Waals surface area contributed by atoms with Crippen LogP contribution in [0.1, 0.15) is 24.6 Å². The van der Waals surface area contributed by atoms with Gasteiger partial charge in [-0.1, -0.05) is 37.6 Å². The van der Waals surface area contributed by atoms with Crippen LogP contribution in [-0.4, -0.2) is 11.3 Å². The molecular weight excluding hydrogens is 210 g/mol. The van der Waals surface area contributed by atoms with Crippen molar-refractivity contribution < 1.29 is 4.79 Å². The van der Waals surface area contributed by atoms with Gasteiger partial charge in [0, 0.05) is 6.20 Å². The molecule has 0 unspecified atom stereocenters. The fraction of sp³-hybridized carbons (Fsp3) is 0.200. The van der Waals surface area contributed by atoms with Crippen molar-refractivity contribution in [1.82, 2.24) is 4.98 Å². The summed E-state index contributed by atoms with van der Waals surface area (Å²) >= 11 is 0. The van der Waals surface area contributed by atoms with Crippen LogP contribution in [0, 0.1) is 0 Å². The molecule has 0 atom stereocenters. The third-order valence-electron chi connectivity index (χ3n) is 2.66. The normalized spacial score (nSPS) is 10.2. The monoisotopic (exact) mass is 224 g/mol. The number of aromatic nitrogens is 1. The zero-order valence-electron chi connectivity index (χ0n) is 9.81. The van der Waals surface area contributed by atoms with Gasteiger partial charge < -0.3 is 0 Å². The quantitative estimate of drug-likeness (QED) is 0.798. The Bertz CT molecular complexity index is 520. The van der Waals surface area contributed by atoms with E-state index in [9.17, 15) is 4.79 Å². The molecule has 0 aliphatic carbocycles. The van der Waals surface area contributed by atoms with Crippen molar-refractivity contribution in [1.29, 1.82) is 0 Å². The van der Waals surface area contributed by atoms with Gasteiger partial charge in [0.15, 0.2) is 0 Å². The average molecular weight is 224 g/mol. The van der Waals surface area contributed by atoms with E-state index in [0.29, 0.717) is 5.69 Å². The highest BCUT2D eigenvalue weighted by molar-refractivity contribution is 5.76. The molecule has 85 valence electrons. The van der Waals surface area contributed by atoms with Crippen molar-refractivity contribution in [3.05, 3.63) is 53.9 Å². The second-order valence-corrected chi connectivity index (χ2v) is 3.98. The molecule has 0 amide bonds. The summed E-state index contributed by atoms with van der Waals surface area (Å²) in [6.45, 7) is 2.17. The topological polar surface area (TPSA) is 30.0 Å². The number of carbonyl (C=O) groups excluding carboxylic acids is 1. The van der Waals surface area contributed by atoms with Gasteiger partial charge in [-0.2, -0.15) is 0 Å². The van der Waals surface area contributed by atoms with Crippen molar-refractivity contribution in [3.63, 3.8) is 0 Å². The summed E-state index contributed by atoms with van der Waals surface area (Å²) in [6, 6.07) is 12.0. The molecule has 0 fully saturated rings. The minimum absolute atomic E-state index is 0.350. The molecule has 0 N–H and O–H groups in total. The van der Waals surface area contributed by atoms with Crippen molar-refractivity contribution in [2.45, 2.75) is 19.8 Å². The molecule has 0 bridgehead atoms. The summed E-state index contributed by atoms with van der Waals surface area (Å²) in [4.78, 5) is 14.5. The number of benzene rings is 1. The maximum atomic E-state index is 10.6. The minimum atomic E-state index is 0.350. The van der Waals surface area contributed by atoms with Crippen LogP contribution in [0.2, 0.25) is 0 Å². The summed E-state index contributed by atoms with van der Waals surface area (Å²) in [5, 5.41) is 0. The summed E-state index contributed by atoms with van der Waals surface area (Å²) in [7, 11) is 0. The first-order chi connectivity index (χ1) is 8.33. The summed E-state index contributed by atoms with van der Waals surface area (Å²) in [6.07, 6.45) is 5.66. The van der Waals surface area contributed by atoms with E-state index in [1.54, 1.807) is 12.3 Å². The van der Waals surface area contributed by atoms with Gasteiger partial charge >= 0.3 is 0 Å². The first kappa shape index (κ1) is 11.5. The molecule has 2 aromatic rings. The Balaban J connectivity index is 2.37. The van der Waals surface area contributed by atoms with Crippen molar-refractivity contribution in [3.8, 4) is 11.1 Å². The van der Waals surface area contributed by atoms with Crippen molar-refractivity contribution in [2.24, 2.45) is 0 Å².